The number of hydrogen-bond acceptors (Lipinski definition) is 4. The van der Waals surface area contributed by atoms with Crippen molar-refractivity contribution in [3.63, 3.8) is 0 Å². The molecule has 6 heteroatoms. The predicted octanol–water partition coefficient (Wildman–Crippen LogP) is 1.99. The summed E-state index contributed by atoms with van der Waals surface area (Å²) in [6.07, 6.45) is 0.813. The van der Waals surface area contributed by atoms with Gasteiger partial charge in [0.15, 0.2) is 5.58 Å². The molecule has 5 nitrogen and oxygen atoms in total. The van der Waals surface area contributed by atoms with E-state index >= 15 is 0 Å². The number of ether oxygens (including phenoxy) is 1. The average Bonchev–Trinajstić information content (AvgIpc) is 2.64. The van der Waals surface area contributed by atoms with Gasteiger partial charge in [0.25, 0.3) is 0 Å². The fourth-order valence-corrected chi connectivity index (χ4v) is 2.08. The fourth-order valence-electron chi connectivity index (χ4n) is 1.54. The highest BCUT2D eigenvalue weighted by molar-refractivity contribution is 9.10. The molecule has 2 rings (SSSR count). The molecule has 90 valence electrons. The Labute approximate surface area is 105 Å². The number of methoxy groups -OCH3 is 1. The number of halogens is 1. The highest BCUT2D eigenvalue weighted by Crippen LogP contribution is 2.23. The van der Waals surface area contributed by atoms with Gasteiger partial charge in [-0.2, -0.15) is 0 Å². The highest BCUT2D eigenvalue weighted by atomic mass is 79.9. The topological polar surface area (TPSA) is 72.3 Å². The van der Waals surface area contributed by atoms with E-state index in [9.17, 15) is 9.59 Å². The van der Waals surface area contributed by atoms with E-state index in [0.717, 1.165) is 10.0 Å². The van der Waals surface area contributed by atoms with Crippen molar-refractivity contribution in [1.82, 2.24) is 4.98 Å². The van der Waals surface area contributed by atoms with Crippen LogP contribution in [0.4, 0.5) is 0 Å². The van der Waals surface area contributed by atoms with E-state index in [1.165, 1.54) is 7.11 Å². The van der Waals surface area contributed by atoms with Crippen molar-refractivity contribution in [1.29, 1.82) is 0 Å². The molecule has 0 bridgehead atoms. The molecule has 0 saturated heterocycles. The number of oxazole rings is 1. The third kappa shape index (κ3) is 2.58. The van der Waals surface area contributed by atoms with Crippen molar-refractivity contribution < 1.29 is 13.9 Å². The van der Waals surface area contributed by atoms with Crippen molar-refractivity contribution in [2.45, 2.75) is 12.8 Å². The Hall–Kier alpha value is -1.56. The number of aromatic amines is 1. The Morgan fingerprint density at radius 3 is 3.00 bits per heavy atom. The van der Waals surface area contributed by atoms with Crippen LogP contribution < -0.4 is 5.76 Å². The van der Waals surface area contributed by atoms with E-state index in [1.54, 1.807) is 12.1 Å². The summed E-state index contributed by atoms with van der Waals surface area (Å²) >= 11 is 3.38. The van der Waals surface area contributed by atoms with Gasteiger partial charge in [-0.1, -0.05) is 15.9 Å². The molecule has 0 unspecified atom stereocenters. The summed E-state index contributed by atoms with van der Waals surface area (Å²) in [7, 11) is 1.35. The molecule has 0 spiro atoms. The van der Waals surface area contributed by atoms with Gasteiger partial charge >= 0.3 is 11.7 Å². The zero-order valence-corrected chi connectivity index (χ0v) is 10.7. The standard InChI is InChI=1S/C11H10BrNO4/c1-16-10(14)3-2-6-4-9-8(5-7(6)12)13-11(15)17-9/h4-5H,2-3H2,1H3,(H,13,15). The molecule has 0 atom stereocenters. The van der Waals surface area contributed by atoms with Gasteiger partial charge in [-0.15, -0.1) is 0 Å². The summed E-state index contributed by atoms with van der Waals surface area (Å²) < 4.78 is 10.3. The molecule has 1 aromatic heterocycles. The Bertz CT molecular complexity index is 613. The van der Waals surface area contributed by atoms with Gasteiger partial charge in [0.1, 0.15) is 0 Å². The van der Waals surface area contributed by atoms with Crippen molar-refractivity contribution in [3.8, 4) is 0 Å². The molecule has 17 heavy (non-hydrogen) atoms. The number of benzene rings is 1. The molecule has 1 N–H and O–H groups in total. The molecule has 0 aliphatic carbocycles. The predicted molar refractivity (Wildman–Crippen MR) is 64.9 cm³/mol. The van der Waals surface area contributed by atoms with Crippen LogP contribution in [0.3, 0.4) is 0 Å². The fraction of sp³-hybridized carbons (Fsp3) is 0.273. The number of H-pyrrole nitrogens is 1. The molecule has 0 saturated carbocycles. The van der Waals surface area contributed by atoms with Gasteiger partial charge in [-0.3, -0.25) is 9.78 Å². The molecule has 0 radical (unpaired) electrons. The van der Waals surface area contributed by atoms with E-state index < -0.39 is 5.76 Å². The minimum Gasteiger partial charge on any atom is -0.469 e. The molecule has 0 fully saturated rings. The van der Waals surface area contributed by atoms with Crippen molar-refractivity contribution >= 4 is 33.0 Å². The van der Waals surface area contributed by atoms with Crippen molar-refractivity contribution in [2.75, 3.05) is 7.11 Å². The summed E-state index contributed by atoms with van der Waals surface area (Å²) in [6, 6.07) is 3.49. The van der Waals surface area contributed by atoms with Crippen LogP contribution in [0.2, 0.25) is 0 Å². The second-order valence-electron chi connectivity index (χ2n) is 3.53. The van der Waals surface area contributed by atoms with Crippen LogP contribution in [-0.2, 0) is 16.0 Å². The minimum atomic E-state index is -0.489. The maximum absolute atomic E-state index is 11.0. The Morgan fingerprint density at radius 1 is 1.53 bits per heavy atom. The monoisotopic (exact) mass is 299 g/mol. The SMILES string of the molecule is COC(=O)CCc1cc2oc(=O)[nH]c2cc1Br. The van der Waals surface area contributed by atoms with Gasteiger partial charge in [0.2, 0.25) is 0 Å². The van der Waals surface area contributed by atoms with Gasteiger partial charge in [0, 0.05) is 10.9 Å². The quantitative estimate of drug-likeness (QED) is 0.880. The van der Waals surface area contributed by atoms with Crippen LogP contribution in [0.1, 0.15) is 12.0 Å². The number of hydrogen-bond donors (Lipinski definition) is 1. The zero-order valence-electron chi connectivity index (χ0n) is 9.08. The third-order valence-corrected chi connectivity index (χ3v) is 3.15. The molecule has 0 aliphatic rings. The number of fused-ring (bicyclic) bond motifs is 1. The molecular weight excluding hydrogens is 290 g/mol. The molecule has 2 aromatic rings. The molecule has 1 heterocycles. The summed E-state index contributed by atoms with van der Waals surface area (Å²) in [5.74, 6) is -0.760. The highest BCUT2D eigenvalue weighted by Gasteiger charge is 2.09. The number of nitrogens with one attached hydrogen (secondary N) is 1. The van der Waals surface area contributed by atoms with E-state index in [1.807, 2.05) is 0 Å². The van der Waals surface area contributed by atoms with Gasteiger partial charge in [0.05, 0.1) is 12.6 Å². The minimum absolute atomic E-state index is 0.271. The smallest absolute Gasteiger partial charge is 0.417 e. The lowest BCUT2D eigenvalue weighted by Crippen LogP contribution is -2.02. The van der Waals surface area contributed by atoms with Gasteiger partial charge in [-0.25, -0.2) is 4.79 Å². The molecular formula is C11H10BrNO4. The second kappa shape index (κ2) is 4.75. The number of carbonyl (C=O) groups is 1. The lowest BCUT2D eigenvalue weighted by atomic mass is 10.1. The number of carbonyl (C=O) groups excluding carboxylic acids is 1. The van der Waals surface area contributed by atoms with Gasteiger partial charge < -0.3 is 9.15 Å². The second-order valence-corrected chi connectivity index (χ2v) is 4.38. The summed E-state index contributed by atoms with van der Waals surface area (Å²) in [5, 5.41) is 0. The van der Waals surface area contributed by atoms with Crippen LogP contribution in [0.15, 0.2) is 25.8 Å². The number of aryl methyl sites for hydroxylation is 1. The summed E-state index contributed by atoms with van der Waals surface area (Å²) in [4.78, 5) is 24.6. The lowest BCUT2D eigenvalue weighted by Gasteiger charge is -2.03. The summed E-state index contributed by atoms with van der Waals surface area (Å²) in [6.45, 7) is 0. The maximum atomic E-state index is 11.0. The number of rotatable bonds is 3. The first-order chi connectivity index (χ1) is 8.10. The van der Waals surface area contributed by atoms with E-state index in [2.05, 4.69) is 25.7 Å². The first kappa shape index (κ1) is 11.9. The normalized spacial score (nSPS) is 10.7. The number of esters is 1. The Morgan fingerprint density at radius 2 is 2.29 bits per heavy atom. The Kier molecular flexibility index (Phi) is 3.33. The maximum Gasteiger partial charge on any atom is 0.417 e. The van der Waals surface area contributed by atoms with E-state index in [0.29, 0.717) is 17.5 Å². The van der Waals surface area contributed by atoms with Crippen molar-refractivity contribution in [2.24, 2.45) is 0 Å². The first-order valence-electron chi connectivity index (χ1n) is 4.98. The lowest BCUT2D eigenvalue weighted by molar-refractivity contribution is -0.140. The average molecular weight is 300 g/mol. The first-order valence-corrected chi connectivity index (χ1v) is 5.77. The van der Waals surface area contributed by atoms with Crippen LogP contribution in [-0.4, -0.2) is 18.1 Å². The Balaban J connectivity index is 2.30. The van der Waals surface area contributed by atoms with Crippen LogP contribution in [0, 0.1) is 0 Å². The van der Waals surface area contributed by atoms with Crippen molar-refractivity contribution in [3.05, 3.63) is 32.7 Å². The zero-order chi connectivity index (χ0) is 12.4. The molecule has 1 aromatic carbocycles. The van der Waals surface area contributed by atoms with Crippen LogP contribution >= 0.6 is 15.9 Å². The van der Waals surface area contributed by atoms with E-state index in [-0.39, 0.29) is 12.4 Å². The molecule has 0 amide bonds. The molecule has 0 aliphatic heterocycles. The third-order valence-electron chi connectivity index (χ3n) is 2.41. The summed E-state index contributed by atoms with van der Waals surface area (Å²) in [5.41, 5.74) is 2.01. The van der Waals surface area contributed by atoms with Crippen LogP contribution in [0.25, 0.3) is 11.1 Å². The van der Waals surface area contributed by atoms with Crippen LogP contribution in [0.5, 0.6) is 0 Å². The largest absolute Gasteiger partial charge is 0.469 e. The van der Waals surface area contributed by atoms with Gasteiger partial charge in [-0.05, 0) is 24.1 Å². The van der Waals surface area contributed by atoms with E-state index in [4.69, 9.17) is 4.42 Å². The number of aromatic nitrogens is 1.